The van der Waals surface area contributed by atoms with Crippen LogP contribution in [-0.4, -0.2) is 43.8 Å². The van der Waals surface area contributed by atoms with Crippen molar-refractivity contribution in [3.05, 3.63) is 23.8 Å². The van der Waals surface area contributed by atoms with E-state index in [1.807, 2.05) is 12.1 Å². The van der Waals surface area contributed by atoms with Gasteiger partial charge in [0.2, 0.25) is 0 Å². The molecule has 3 N–H and O–H groups in total. The predicted octanol–water partition coefficient (Wildman–Crippen LogP) is 1.71. The molecule has 1 atom stereocenters. The van der Waals surface area contributed by atoms with Gasteiger partial charge < -0.3 is 15.8 Å². The van der Waals surface area contributed by atoms with Crippen LogP contribution in [0.15, 0.2) is 18.2 Å². The van der Waals surface area contributed by atoms with Crippen molar-refractivity contribution in [1.82, 2.24) is 4.90 Å². The largest absolute Gasteiger partial charge is 0.399 e. The van der Waals surface area contributed by atoms with Crippen LogP contribution in [0.5, 0.6) is 0 Å². The maximum atomic E-state index is 5.85. The second-order valence-electron chi connectivity index (χ2n) is 5.09. The van der Waals surface area contributed by atoms with Gasteiger partial charge in [-0.3, -0.25) is 4.90 Å². The summed E-state index contributed by atoms with van der Waals surface area (Å²) in [5.74, 6) is 0. The van der Waals surface area contributed by atoms with Crippen LogP contribution in [0.3, 0.4) is 0 Å². The highest BCUT2D eigenvalue weighted by Crippen LogP contribution is 2.17. The number of hydrogen-bond donors (Lipinski definition) is 2. The zero-order valence-corrected chi connectivity index (χ0v) is 11.3. The second-order valence-corrected chi connectivity index (χ2v) is 5.09. The van der Waals surface area contributed by atoms with E-state index in [0.29, 0.717) is 6.04 Å². The van der Waals surface area contributed by atoms with E-state index in [4.69, 9.17) is 10.5 Å². The number of hydrogen-bond acceptors (Lipinski definition) is 4. The average molecular weight is 249 g/mol. The van der Waals surface area contributed by atoms with Gasteiger partial charge >= 0.3 is 0 Å². The van der Waals surface area contributed by atoms with Crippen LogP contribution in [0.4, 0.5) is 11.4 Å². The molecule has 1 aliphatic heterocycles. The number of nitrogen functional groups attached to an aromatic ring is 1. The molecule has 1 aliphatic rings. The van der Waals surface area contributed by atoms with Crippen molar-refractivity contribution in [2.75, 3.05) is 43.9 Å². The Labute approximate surface area is 109 Å². The molecule has 1 saturated heterocycles. The minimum atomic E-state index is 0.407. The van der Waals surface area contributed by atoms with E-state index >= 15 is 0 Å². The predicted molar refractivity (Wildman–Crippen MR) is 75.9 cm³/mol. The summed E-state index contributed by atoms with van der Waals surface area (Å²) in [6.45, 7) is 9.07. The van der Waals surface area contributed by atoms with E-state index < -0.39 is 0 Å². The van der Waals surface area contributed by atoms with Crippen LogP contribution in [0, 0.1) is 6.92 Å². The van der Waals surface area contributed by atoms with E-state index in [-0.39, 0.29) is 0 Å². The van der Waals surface area contributed by atoms with Crippen LogP contribution in [0.2, 0.25) is 0 Å². The first-order valence-corrected chi connectivity index (χ1v) is 6.57. The summed E-state index contributed by atoms with van der Waals surface area (Å²) in [6, 6.07) is 6.51. The molecule has 1 unspecified atom stereocenters. The number of morpholine rings is 1. The van der Waals surface area contributed by atoms with Gasteiger partial charge in [-0.2, -0.15) is 0 Å². The minimum absolute atomic E-state index is 0.407. The quantitative estimate of drug-likeness (QED) is 0.798. The Bertz CT molecular complexity index is 368. The van der Waals surface area contributed by atoms with E-state index in [1.54, 1.807) is 0 Å². The number of nitrogens with zero attached hydrogens (tertiary/aromatic N) is 1. The van der Waals surface area contributed by atoms with Crippen molar-refractivity contribution in [1.29, 1.82) is 0 Å². The first-order valence-electron chi connectivity index (χ1n) is 6.57. The van der Waals surface area contributed by atoms with Crippen LogP contribution >= 0.6 is 0 Å². The molecule has 4 nitrogen and oxygen atoms in total. The third-order valence-corrected chi connectivity index (χ3v) is 3.15. The average Bonchev–Trinajstić information content (AvgIpc) is 2.28. The molecule has 0 aliphatic carbocycles. The van der Waals surface area contributed by atoms with Gasteiger partial charge in [0.15, 0.2) is 0 Å². The summed E-state index contributed by atoms with van der Waals surface area (Å²) < 4.78 is 5.35. The Morgan fingerprint density at radius 2 is 2.06 bits per heavy atom. The van der Waals surface area contributed by atoms with Gasteiger partial charge in [-0.25, -0.2) is 0 Å². The third-order valence-electron chi connectivity index (χ3n) is 3.15. The lowest BCUT2D eigenvalue weighted by Gasteiger charge is -2.29. The standard InChI is InChI=1S/C14H23N3O/c1-11-7-13(15)9-14(8-11)16-12(2)10-17-3-5-18-6-4-17/h7-9,12,16H,3-6,10,15H2,1-2H3. The summed E-state index contributed by atoms with van der Waals surface area (Å²) >= 11 is 0. The molecule has 0 aromatic heterocycles. The molecule has 1 fully saturated rings. The third kappa shape index (κ3) is 3.89. The smallest absolute Gasteiger partial charge is 0.0594 e. The fourth-order valence-corrected chi connectivity index (χ4v) is 2.40. The molecular weight excluding hydrogens is 226 g/mol. The molecule has 100 valence electrons. The first-order chi connectivity index (χ1) is 8.63. The van der Waals surface area contributed by atoms with Crippen molar-refractivity contribution >= 4 is 11.4 Å². The van der Waals surface area contributed by atoms with E-state index in [0.717, 1.165) is 44.2 Å². The molecule has 0 spiro atoms. The van der Waals surface area contributed by atoms with E-state index in [9.17, 15) is 0 Å². The molecule has 1 aromatic rings. The molecule has 0 saturated carbocycles. The van der Waals surface area contributed by atoms with Gasteiger partial charge in [0.25, 0.3) is 0 Å². The Morgan fingerprint density at radius 3 is 2.72 bits per heavy atom. The fraction of sp³-hybridized carbons (Fsp3) is 0.571. The van der Waals surface area contributed by atoms with Crippen LogP contribution in [-0.2, 0) is 4.74 Å². The highest BCUT2D eigenvalue weighted by molar-refractivity contribution is 5.57. The molecule has 0 amide bonds. The van der Waals surface area contributed by atoms with Gasteiger partial charge in [0, 0.05) is 37.1 Å². The number of anilines is 2. The van der Waals surface area contributed by atoms with Gasteiger partial charge in [0.05, 0.1) is 13.2 Å². The molecule has 1 aromatic carbocycles. The molecular formula is C14H23N3O. The Kier molecular flexibility index (Phi) is 4.44. The summed E-state index contributed by atoms with van der Waals surface area (Å²) in [4.78, 5) is 2.43. The highest BCUT2D eigenvalue weighted by Gasteiger charge is 2.13. The topological polar surface area (TPSA) is 50.5 Å². The number of nitrogens with one attached hydrogen (secondary N) is 1. The van der Waals surface area contributed by atoms with Crippen molar-refractivity contribution in [2.24, 2.45) is 0 Å². The van der Waals surface area contributed by atoms with Crippen molar-refractivity contribution in [2.45, 2.75) is 19.9 Å². The minimum Gasteiger partial charge on any atom is -0.399 e. The van der Waals surface area contributed by atoms with Gasteiger partial charge in [-0.15, -0.1) is 0 Å². The summed E-state index contributed by atoms with van der Waals surface area (Å²) in [5.41, 5.74) is 8.96. The normalized spacial score (nSPS) is 18.6. The zero-order chi connectivity index (χ0) is 13.0. The monoisotopic (exact) mass is 249 g/mol. The van der Waals surface area contributed by atoms with Crippen LogP contribution in [0.25, 0.3) is 0 Å². The fourth-order valence-electron chi connectivity index (χ4n) is 2.40. The maximum absolute atomic E-state index is 5.85. The lowest BCUT2D eigenvalue weighted by molar-refractivity contribution is 0.0368. The van der Waals surface area contributed by atoms with Crippen molar-refractivity contribution in [3.8, 4) is 0 Å². The molecule has 1 heterocycles. The lowest BCUT2D eigenvalue weighted by atomic mass is 10.2. The summed E-state index contributed by atoms with van der Waals surface area (Å²) in [5, 5.41) is 3.51. The highest BCUT2D eigenvalue weighted by atomic mass is 16.5. The lowest BCUT2D eigenvalue weighted by Crippen LogP contribution is -2.42. The molecule has 18 heavy (non-hydrogen) atoms. The first kappa shape index (κ1) is 13.2. The Balaban J connectivity index is 1.87. The maximum Gasteiger partial charge on any atom is 0.0594 e. The number of ether oxygens (including phenoxy) is 1. The Morgan fingerprint density at radius 1 is 1.33 bits per heavy atom. The zero-order valence-electron chi connectivity index (χ0n) is 11.3. The summed E-state index contributed by atoms with van der Waals surface area (Å²) in [7, 11) is 0. The molecule has 2 rings (SSSR count). The second kappa shape index (κ2) is 6.07. The SMILES string of the molecule is Cc1cc(N)cc(NC(C)CN2CCOCC2)c1. The molecule has 0 bridgehead atoms. The summed E-state index contributed by atoms with van der Waals surface area (Å²) in [6.07, 6.45) is 0. The van der Waals surface area contributed by atoms with E-state index in [2.05, 4.69) is 30.1 Å². The van der Waals surface area contributed by atoms with Gasteiger partial charge in [-0.05, 0) is 37.6 Å². The van der Waals surface area contributed by atoms with Crippen LogP contribution in [0.1, 0.15) is 12.5 Å². The molecule has 4 heteroatoms. The number of nitrogens with two attached hydrogens (primary N) is 1. The Hall–Kier alpha value is -1.26. The van der Waals surface area contributed by atoms with Crippen molar-refractivity contribution in [3.63, 3.8) is 0 Å². The number of rotatable bonds is 4. The number of aryl methyl sites for hydroxylation is 1. The number of benzene rings is 1. The van der Waals surface area contributed by atoms with E-state index in [1.165, 1.54) is 5.56 Å². The van der Waals surface area contributed by atoms with Gasteiger partial charge in [0.1, 0.15) is 0 Å². The van der Waals surface area contributed by atoms with Gasteiger partial charge in [-0.1, -0.05) is 0 Å². The molecule has 0 radical (unpaired) electrons. The van der Waals surface area contributed by atoms with Crippen molar-refractivity contribution < 1.29 is 4.74 Å². The van der Waals surface area contributed by atoms with Crippen LogP contribution < -0.4 is 11.1 Å².